The number of ketones is 1. The molecule has 2 aromatic carbocycles. The second kappa shape index (κ2) is 8.15. The molecule has 33 heavy (non-hydrogen) atoms. The molecule has 2 atom stereocenters. The van der Waals surface area contributed by atoms with Gasteiger partial charge in [0.15, 0.2) is 5.54 Å². The fourth-order valence-corrected chi connectivity index (χ4v) is 5.30. The zero-order valence-corrected chi connectivity index (χ0v) is 18.5. The highest BCUT2D eigenvalue weighted by atomic mass is 16.5. The van der Waals surface area contributed by atoms with E-state index >= 15 is 0 Å². The lowest BCUT2D eigenvalue weighted by Crippen LogP contribution is -2.53. The number of amides is 2. The number of Topliss-reactive ketones (excluding diaryl/α,β-unsaturated/α-hetero) is 1. The summed E-state index contributed by atoms with van der Waals surface area (Å²) >= 11 is 0. The molecule has 7 nitrogen and oxygen atoms in total. The Hall–Kier alpha value is -3.45. The summed E-state index contributed by atoms with van der Waals surface area (Å²) < 4.78 is 5.77. The number of aliphatic hydroxyl groups excluding tert-OH is 1. The molecule has 5 rings (SSSR count). The first-order valence-electron chi connectivity index (χ1n) is 11.4. The second-order valence-corrected chi connectivity index (χ2v) is 8.65. The number of likely N-dealkylation sites (tertiary alicyclic amines) is 1. The molecule has 3 aliphatic rings. The van der Waals surface area contributed by atoms with E-state index in [4.69, 9.17) is 4.74 Å². The fourth-order valence-electron chi connectivity index (χ4n) is 5.30. The van der Waals surface area contributed by atoms with Crippen molar-refractivity contribution in [2.45, 2.75) is 37.8 Å². The van der Waals surface area contributed by atoms with Gasteiger partial charge in [-0.15, -0.1) is 0 Å². The number of nitrogens with zero attached hydrogens (tertiary/aromatic N) is 2. The number of rotatable bonds is 5. The largest absolute Gasteiger partial charge is 0.507 e. The van der Waals surface area contributed by atoms with Crippen molar-refractivity contribution in [2.75, 3.05) is 24.6 Å². The molecule has 2 saturated heterocycles. The lowest BCUT2D eigenvalue weighted by molar-refractivity contribution is -0.145. The highest BCUT2D eigenvalue weighted by molar-refractivity contribution is 6.50. The van der Waals surface area contributed by atoms with Crippen LogP contribution in [0.2, 0.25) is 0 Å². The van der Waals surface area contributed by atoms with Gasteiger partial charge in [0.25, 0.3) is 17.6 Å². The number of anilines is 1. The Labute approximate surface area is 192 Å². The molecule has 2 aromatic rings. The van der Waals surface area contributed by atoms with Gasteiger partial charge >= 0.3 is 0 Å². The Kier molecular flexibility index (Phi) is 5.29. The van der Waals surface area contributed by atoms with E-state index in [1.54, 1.807) is 47.4 Å². The highest BCUT2D eigenvalue weighted by Crippen LogP contribution is 2.53. The first-order chi connectivity index (χ1) is 16.0. The van der Waals surface area contributed by atoms with Crippen molar-refractivity contribution in [1.29, 1.82) is 0 Å². The Morgan fingerprint density at radius 2 is 1.82 bits per heavy atom. The monoisotopic (exact) mass is 446 g/mol. The molecule has 0 unspecified atom stereocenters. The number of aliphatic hydroxyl groups is 1. The molecular formula is C26H26N2O5. The van der Waals surface area contributed by atoms with Crippen LogP contribution in [-0.2, 0) is 24.7 Å². The first-order valence-corrected chi connectivity index (χ1v) is 11.4. The number of hydrogen-bond donors (Lipinski definition) is 1. The van der Waals surface area contributed by atoms with Gasteiger partial charge in [0.1, 0.15) is 5.76 Å². The molecule has 1 N–H and O–H groups in total. The molecule has 0 bridgehead atoms. The number of carbonyl (C=O) groups is 3. The Morgan fingerprint density at radius 1 is 1.09 bits per heavy atom. The topological polar surface area (TPSA) is 87.2 Å². The summed E-state index contributed by atoms with van der Waals surface area (Å²) in [5.74, 6) is -2.37. The molecule has 2 amide bonds. The molecule has 7 heteroatoms. The summed E-state index contributed by atoms with van der Waals surface area (Å²) in [6.07, 6.45) is 2.04. The van der Waals surface area contributed by atoms with Crippen molar-refractivity contribution < 1.29 is 24.2 Å². The zero-order chi connectivity index (χ0) is 23.2. The van der Waals surface area contributed by atoms with Crippen LogP contribution in [0.15, 0.2) is 60.2 Å². The molecule has 0 aromatic heterocycles. The fraction of sp³-hybridized carbons (Fsp3) is 0.346. The van der Waals surface area contributed by atoms with E-state index in [0.29, 0.717) is 36.4 Å². The third-order valence-electron chi connectivity index (χ3n) is 6.71. The number of benzene rings is 2. The van der Waals surface area contributed by atoms with E-state index in [0.717, 1.165) is 12.8 Å². The smallest absolute Gasteiger partial charge is 0.296 e. The molecule has 0 radical (unpaired) electrons. The SMILES string of the molecule is CCCN1C(=O)[C@@]2(C(=C(O)c3ccccc3)C(=O)C(=O)N2C[C@@H]2CCCO2)c2ccccc21. The summed E-state index contributed by atoms with van der Waals surface area (Å²) in [6, 6.07) is 15.8. The third kappa shape index (κ3) is 3.03. The Morgan fingerprint density at radius 3 is 2.52 bits per heavy atom. The highest BCUT2D eigenvalue weighted by Gasteiger charge is 2.67. The van der Waals surface area contributed by atoms with E-state index in [9.17, 15) is 19.5 Å². The number of para-hydroxylation sites is 1. The van der Waals surface area contributed by atoms with Crippen LogP contribution in [0.25, 0.3) is 5.76 Å². The minimum atomic E-state index is -1.72. The van der Waals surface area contributed by atoms with Gasteiger partial charge in [0, 0.05) is 30.8 Å². The van der Waals surface area contributed by atoms with Crippen LogP contribution in [0.5, 0.6) is 0 Å². The van der Waals surface area contributed by atoms with E-state index in [-0.39, 0.29) is 29.9 Å². The van der Waals surface area contributed by atoms with Crippen molar-refractivity contribution in [1.82, 2.24) is 4.90 Å². The predicted molar refractivity (Wildman–Crippen MR) is 122 cm³/mol. The maximum atomic E-state index is 14.2. The number of hydrogen-bond acceptors (Lipinski definition) is 5. The standard InChI is InChI=1S/C26H26N2O5/c1-2-14-27-20-13-7-6-12-19(20)26(25(27)32)21(22(29)17-9-4-3-5-10-17)23(30)24(31)28(26)16-18-11-8-15-33-18/h3-7,9-10,12-13,18,29H,2,8,11,14-16H2,1H3/t18-,26-/m0/s1. The number of ether oxygens (including phenoxy) is 1. The molecule has 0 aliphatic carbocycles. The third-order valence-corrected chi connectivity index (χ3v) is 6.71. The minimum absolute atomic E-state index is 0.107. The summed E-state index contributed by atoms with van der Waals surface area (Å²) in [6.45, 7) is 3.09. The van der Waals surface area contributed by atoms with Crippen LogP contribution in [0.3, 0.4) is 0 Å². The maximum absolute atomic E-state index is 14.2. The first kappa shape index (κ1) is 21.4. The van der Waals surface area contributed by atoms with Gasteiger partial charge < -0.3 is 19.6 Å². The van der Waals surface area contributed by atoms with E-state index in [1.165, 1.54) is 4.90 Å². The van der Waals surface area contributed by atoms with Crippen LogP contribution in [-0.4, -0.2) is 53.4 Å². The molecule has 0 saturated carbocycles. The zero-order valence-electron chi connectivity index (χ0n) is 18.5. The van der Waals surface area contributed by atoms with E-state index in [1.807, 2.05) is 19.1 Å². The minimum Gasteiger partial charge on any atom is -0.507 e. The van der Waals surface area contributed by atoms with Crippen molar-refractivity contribution in [3.05, 3.63) is 71.3 Å². The number of carbonyl (C=O) groups excluding carboxylic acids is 3. The van der Waals surface area contributed by atoms with E-state index in [2.05, 4.69) is 0 Å². The summed E-state index contributed by atoms with van der Waals surface area (Å²) in [7, 11) is 0. The Balaban J connectivity index is 1.79. The normalized spacial score (nSPS) is 26.0. The van der Waals surface area contributed by atoms with Gasteiger partial charge in [0.2, 0.25) is 0 Å². The average Bonchev–Trinajstić information content (AvgIpc) is 3.50. The van der Waals surface area contributed by atoms with Crippen molar-refractivity contribution >= 4 is 29.0 Å². The van der Waals surface area contributed by atoms with Crippen LogP contribution in [0.1, 0.15) is 37.3 Å². The second-order valence-electron chi connectivity index (χ2n) is 8.65. The van der Waals surface area contributed by atoms with Crippen LogP contribution in [0.4, 0.5) is 5.69 Å². The maximum Gasteiger partial charge on any atom is 0.296 e. The lowest BCUT2D eigenvalue weighted by Gasteiger charge is -2.35. The predicted octanol–water partition coefficient (Wildman–Crippen LogP) is 3.20. The summed E-state index contributed by atoms with van der Waals surface area (Å²) in [5, 5.41) is 11.4. The van der Waals surface area contributed by atoms with Crippen molar-refractivity contribution in [2.24, 2.45) is 0 Å². The molecule has 3 aliphatic heterocycles. The molecule has 3 heterocycles. The summed E-state index contributed by atoms with van der Waals surface area (Å²) in [4.78, 5) is 44.1. The lowest BCUT2D eigenvalue weighted by atomic mass is 9.81. The van der Waals surface area contributed by atoms with Crippen LogP contribution in [0, 0.1) is 0 Å². The van der Waals surface area contributed by atoms with Crippen molar-refractivity contribution in [3.8, 4) is 0 Å². The number of fused-ring (bicyclic) bond motifs is 2. The van der Waals surface area contributed by atoms with Crippen LogP contribution >= 0.6 is 0 Å². The van der Waals surface area contributed by atoms with Gasteiger partial charge in [-0.05, 0) is 25.3 Å². The average molecular weight is 447 g/mol. The summed E-state index contributed by atoms with van der Waals surface area (Å²) in [5.41, 5.74) is -0.314. The van der Waals surface area contributed by atoms with Gasteiger partial charge in [-0.1, -0.05) is 55.5 Å². The van der Waals surface area contributed by atoms with Gasteiger partial charge in [-0.2, -0.15) is 0 Å². The molecular weight excluding hydrogens is 420 g/mol. The van der Waals surface area contributed by atoms with Gasteiger partial charge in [-0.3, -0.25) is 14.4 Å². The quantitative estimate of drug-likeness (QED) is 0.433. The van der Waals surface area contributed by atoms with Gasteiger partial charge in [-0.25, -0.2) is 0 Å². The molecule has 1 spiro atoms. The molecule has 2 fully saturated rings. The van der Waals surface area contributed by atoms with Crippen molar-refractivity contribution in [3.63, 3.8) is 0 Å². The van der Waals surface area contributed by atoms with Gasteiger partial charge in [0.05, 0.1) is 17.4 Å². The van der Waals surface area contributed by atoms with Crippen LogP contribution < -0.4 is 4.90 Å². The Bertz CT molecular complexity index is 1150. The molecule has 170 valence electrons. The van der Waals surface area contributed by atoms with E-state index < -0.39 is 17.2 Å².